The summed E-state index contributed by atoms with van der Waals surface area (Å²) < 4.78 is 0. The van der Waals surface area contributed by atoms with Crippen LogP contribution in [0, 0.1) is 25.8 Å². The van der Waals surface area contributed by atoms with Gasteiger partial charge in [-0.3, -0.25) is 5.57 Å². The van der Waals surface area contributed by atoms with E-state index in [4.69, 9.17) is 6.58 Å². The fraction of sp³-hybridized carbons (Fsp3) is 0.375. The molecule has 0 spiro atoms. The molecule has 2 fully saturated rings. The second kappa shape index (κ2) is 7.97. The molecule has 2 atom stereocenters. The van der Waals surface area contributed by atoms with Crippen LogP contribution in [0.4, 0.5) is 0 Å². The first-order chi connectivity index (χ1) is 8.27. The summed E-state index contributed by atoms with van der Waals surface area (Å²) in [6.45, 7) is 10.5. The first kappa shape index (κ1) is 15.7. The van der Waals surface area contributed by atoms with Crippen molar-refractivity contribution in [1.82, 2.24) is 5.32 Å². The quantitative estimate of drug-likeness (QED) is 0.725. The molecule has 0 aromatic heterocycles. The van der Waals surface area contributed by atoms with E-state index in [1.165, 1.54) is 19.3 Å². The van der Waals surface area contributed by atoms with Crippen LogP contribution in [0.3, 0.4) is 0 Å². The Morgan fingerprint density at radius 3 is 2.56 bits per heavy atom. The van der Waals surface area contributed by atoms with Crippen LogP contribution in [0.15, 0.2) is 35.9 Å². The molecule has 1 aromatic rings. The summed E-state index contributed by atoms with van der Waals surface area (Å²) >= 11 is 0. The fourth-order valence-electron chi connectivity index (χ4n) is 2.46. The van der Waals surface area contributed by atoms with E-state index >= 15 is 0 Å². The summed E-state index contributed by atoms with van der Waals surface area (Å²) in [6.07, 6.45) is 6.26. The van der Waals surface area contributed by atoms with E-state index in [-0.39, 0.29) is 26.2 Å². The van der Waals surface area contributed by atoms with Crippen LogP contribution in [0.1, 0.15) is 24.8 Å². The van der Waals surface area contributed by atoms with E-state index in [9.17, 15) is 0 Å². The van der Waals surface area contributed by atoms with E-state index in [0.29, 0.717) is 12.0 Å². The Morgan fingerprint density at radius 2 is 2.00 bits per heavy atom. The molecule has 1 heterocycles. The molecule has 1 N–H and O–H groups in total. The van der Waals surface area contributed by atoms with Crippen molar-refractivity contribution in [2.75, 3.05) is 6.54 Å². The molecular weight excluding hydrogens is 297 g/mol. The van der Waals surface area contributed by atoms with E-state index < -0.39 is 0 Å². The third kappa shape index (κ3) is 4.41. The molecule has 0 bridgehead atoms. The summed E-state index contributed by atoms with van der Waals surface area (Å²) in [5.74, 6) is 0.591. The Labute approximate surface area is 130 Å². The van der Waals surface area contributed by atoms with Gasteiger partial charge < -0.3 is 18.3 Å². The van der Waals surface area contributed by atoms with E-state index in [1.54, 1.807) is 0 Å². The van der Waals surface area contributed by atoms with Gasteiger partial charge in [0.1, 0.15) is 0 Å². The topological polar surface area (TPSA) is 12.0 Å². The molecule has 93 valence electrons. The van der Waals surface area contributed by atoms with Gasteiger partial charge in [0.05, 0.1) is 0 Å². The Hall–Kier alpha value is -0.327. The van der Waals surface area contributed by atoms with Crippen molar-refractivity contribution in [3.63, 3.8) is 0 Å². The fourth-order valence-corrected chi connectivity index (χ4v) is 2.46. The van der Waals surface area contributed by atoms with Crippen molar-refractivity contribution >= 4 is 0 Å². The molecule has 1 radical (unpaired) electrons. The number of hydrogen-bond acceptors (Lipinski definition) is 1. The maximum atomic E-state index is 5.81. The van der Waals surface area contributed by atoms with Gasteiger partial charge in [0.25, 0.3) is 0 Å². The van der Waals surface area contributed by atoms with Gasteiger partial charge in [0.2, 0.25) is 0 Å². The summed E-state index contributed by atoms with van der Waals surface area (Å²) in [7, 11) is 0. The zero-order chi connectivity index (χ0) is 12.1. The van der Waals surface area contributed by atoms with Gasteiger partial charge >= 0.3 is 26.2 Å². The third-order valence-corrected chi connectivity index (χ3v) is 3.41. The molecule has 2 aliphatic rings. The predicted molar refractivity (Wildman–Crippen MR) is 72.1 cm³/mol. The van der Waals surface area contributed by atoms with Crippen LogP contribution in [0.25, 0.3) is 0 Å². The molecular formula is C16H20NZr. The molecule has 1 aliphatic carbocycles. The molecule has 0 amide bonds. The van der Waals surface area contributed by atoms with Gasteiger partial charge in [-0.2, -0.15) is 37.0 Å². The Bertz CT molecular complexity index is 361. The molecule has 1 aromatic carbocycles. The number of fused-ring (bicyclic) bond motifs is 1. The number of benzene rings is 1. The van der Waals surface area contributed by atoms with Crippen molar-refractivity contribution < 1.29 is 26.2 Å². The van der Waals surface area contributed by atoms with Crippen molar-refractivity contribution in [3.05, 3.63) is 61.4 Å². The Balaban J connectivity index is 0.000000181. The maximum Gasteiger partial charge on any atom is 3.00 e. The zero-order valence-corrected chi connectivity index (χ0v) is 13.2. The van der Waals surface area contributed by atoms with Crippen molar-refractivity contribution in [2.24, 2.45) is 5.92 Å². The number of nitrogens with one attached hydrogen (secondary N) is 1. The van der Waals surface area contributed by atoms with E-state index in [0.717, 1.165) is 17.7 Å². The summed E-state index contributed by atoms with van der Waals surface area (Å²) in [5.41, 5.74) is 2.22. The van der Waals surface area contributed by atoms with E-state index in [2.05, 4.69) is 18.7 Å². The predicted octanol–water partition coefficient (Wildman–Crippen LogP) is 3.19. The minimum absolute atomic E-state index is 0. The average molecular weight is 318 g/mol. The molecule has 2 heteroatoms. The maximum absolute atomic E-state index is 5.81. The van der Waals surface area contributed by atoms with Gasteiger partial charge in [0, 0.05) is 0 Å². The molecule has 0 unspecified atom stereocenters. The number of hydrogen-bond donors (Lipinski definition) is 1. The molecule has 3 rings (SSSR count). The van der Waals surface area contributed by atoms with E-state index in [1.807, 2.05) is 30.3 Å². The van der Waals surface area contributed by atoms with Crippen molar-refractivity contribution in [3.8, 4) is 0 Å². The van der Waals surface area contributed by atoms with Gasteiger partial charge in [-0.25, -0.2) is 0 Å². The Morgan fingerprint density at radius 1 is 1.28 bits per heavy atom. The van der Waals surface area contributed by atoms with Crippen LogP contribution in [-0.4, -0.2) is 12.6 Å². The van der Waals surface area contributed by atoms with Gasteiger partial charge in [-0.05, 0) is 19.0 Å². The van der Waals surface area contributed by atoms with Crippen LogP contribution in [0.2, 0.25) is 0 Å². The molecule has 18 heavy (non-hydrogen) atoms. The minimum atomic E-state index is 0. The largest absolute Gasteiger partial charge is 3.00 e. The number of rotatable bonds is 0. The minimum Gasteiger partial charge on any atom is -0.515 e. The monoisotopic (exact) mass is 316 g/mol. The Kier molecular flexibility index (Phi) is 6.96. The first-order valence-electron chi connectivity index (χ1n) is 6.32. The first-order valence-corrected chi connectivity index (χ1v) is 6.32. The summed E-state index contributed by atoms with van der Waals surface area (Å²) in [5, 5.41) is 3.42. The summed E-state index contributed by atoms with van der Waals surface area (Å²) in [6, 6.07) is 10.5. The van der Waals surface area contributed by atoms with Crippen LogP contribution in [-0.2, 0) is 26.2 Å². The smallest absolute Gasteiger partial charge is 0.515 e. The second-order valence-electron chi connectivity index (χ2n) is 4.74. The molecule has 1 nitrogen and oxygen atoms in total. The second-order valence-corrected chi connectivity index (χ2v) is 4.74. The third-order valence-electron chi connectivity index (χ3n) is 3.41. The van der Waals surface area contributed by atoms with Crippen LogP contribution in [0.5, 0.6) is 0 Å². The summed E-state index contributed by atoms with van der Waals surface area (Å²) in [4.78, 5) is 0. The molecule has 1 saturated carbocycles. The standard InChI is InChI=1S/C9H13N.C7H7.Zr/c1-7-6-10-9-5-3-2-4-8(7)9;1-7-5-3-2-4-6-7;/h1,4,8-10H,2-3,5-6H2;2-6H,1H2;/q-2;-1;+3/t8-,9-;;/m0../s1. The zero-order valence-electron chi connectivity index (χ0n) is 10.7. The van der Waals surface area contributed by atoms with Gasteiger partial charge in [-0.1, -0.05) is 12.5 Å². The van der Waals surface area contributed by atoms with Crippen LogP contribution < -0.4 is 5.32 Å². The van der Waals surface area contributed by atoms with Gasteiger partial charge in [0.15, 0.2) is 0 Å². The van der Waals surface area contributed by atoms with Crippen molar-refractivity contribution in [2.45, 2.75) is 25.3 Å². The normalized spacial score (nSPS) is 25.4. The van der Waals surface area contributed by atoms with Crippen LogP contribution >= 0.6 is 0 Å². The SMILES string of the molecule is [CH-]=C1CN[C@H]2CCC[CH-][C@@H]12.[CH2-]c1ccccc1.[Zr+3]. The van der Waals surface area contributed by atoms with Gasteiger partial charge in [-0.15, -0.1) is 12.1 Å². The molecule has 1 saturated heterocycles. The average Bonchev–Trinajstić information content (AvgIpc) is 2.74. The molecule has 1 aliphatic heterocycles. The van der Waals surface area contributed by atoms with Crippen molar-refractivity contribution in [1.29, 1.82) is 0 Å².